The Kier molecular flexibility index (Phi) is 5.92. The highest BCUT2D eigenvalue weighted by atomic mass is 32.2. The van der Waals surface area contributed by atoms with Crippen LogP contribution in [0, 0.1) is 0 Å². The van der Waals surface area contributed by atoms with E-state index in [2.05, 4.69) is 53.7 Å². The van der Waals surface area contributed by atoms with E-state index in [9.17, 15) is 9.90 Å². The zero-order valence-corrected chi connectivity index (χ0v) is 14.9. The van der Waals surface area contributed by atoms with Gasteiger partial charge in [-0.25, -0.2) is 0 Å². The Bertz CT molecular complexity index is 458. The lowest BCUT2D eigenvalue weighted by Crippen LogP contribution is -2.17. The summed E-state index contributed by atoms with van der Waals surface area (Å²) in [6.45, 7) is 12.7. The van der Waals surface area contributed by atoms with Gasteiger partial charge in [-0.3, -0.25) is 0 Å². The molecule has 0 aliphatic rings. The number of hydrogen-bond donors (Lipinski definition) is 1. The minimum atomic E-state index is -0.0897. The van der Waals surface area contributed by atoms with E-state index < -0.39 is 0 Å². The summed E-state index contributed by atoms with van der Waals surface area (Å²) in [6, 6.07) is 4.22. The fraction of sp³-hybridized carbons (Fsp3) is 0.611. The molecule has 1 aromatic rings. The number of phenolic OH excluding ortho intramolecular Hbond substituents is 1. The molecule has 0 aliphatic carbocycles. The fourth-order valence-electron chi connectivity index (χ4n) is 2.24. The van der Waals surface area contributed by atoms with E-state index in [1.165, 1.54) is 5.56 Å². The lowest BCUT2D eigenvalue weighted by atomic mass is 9.78. The Morgan fingerprint density at radius 2 is 1.52 bits per heavy atom. The van der Waals surface area contributed by atoms with Gasteiger partial charge < -0.3 is 9.90 Å². The second kappa shape index (κ2) is 6.87. The molecule has 0 unspecified atom stereocenters. The maximum atomic E-state index is 10.6. The van der Waals surface area contributed by atoms with Crippen LogP contribution in [0.4, 0.5) is 0 Å². The van der Waals surface area contributed by atoms with Gasteiger partial charge in [-0.15, -0.1) is 0 Å². The van der Waals surface area contributed by atoms with Crippen LogP contribution in [0.2, 0.25) is 0 Å². The molecular formula is C18H28O2S. The minimum Gasteiger partial charge on any atom is -0.507 e. The predicted molar refractivity (Wildman–Crippen MR) is 92.3 cm³/mol. The number of carbonyl (C=O) groups is 1. The van der Waals surface area contributed by atoms with Crippen molar-refractivity contribution in [2.24, 2.45) is 0 Å². The van der Waals surface area contributed by atoms with Gasteiger partial charge in [0.2, 0.25) is 0 Å². The van der Waals surface area contributed by atoms with Crippen molar-refractivity contribution in [2.75, 3.05) is 5.75 Å². The van der Waals surface area contributed by atoms with E-state index in [1.54, 1.807) is 11.8 Å². The summed E-state index contributed by atoms with van der Waals surface area (Å²) in [5.74, 6) is 2.15. The molecule has 0 amide bonds. The molecule has 0 heterocycles. The van der Waals surface area contributed by atoms with E-state index in [1.807, 2.05) is 0 Å². The van der Waals surface area contributed by atoms with E-state index in [0.29, 0.717) is 12.2 Å². The van der Waals surface area contributed by atoms with Crippen LogP contribution < -0.4 is 0 Å². The average molecular weight is 308 g/mol. The predicted octanol–water partition coefficient (Wildman–Crippen LogP) is 4.81. The second-order valence-corrected chi connectivity index (χ2v) is 8.65. The molecule has 0 atom stereocenters. The van der Waals surface area contributed by atoms with Gasteiger partial charge in [0.15, 0.2) is 0 Å². The van der Waals surface area contributed by atoms with Gasteiger partial charge in [-0.1, -0.05) is 53.7 Å². The molecule has 0 saturated heterocycles. The van der Waals surface area contributed by atoms with E-state index in [-0.39, 0.29) is 10.8 Å². The van der Waals surface area contributed by atoms with Crippen LogP contribution in [0.1, 0.15) is 64.7 Å². The van der Waals surface area contributed by atoms with Crippen LogP contribution in [0.15, 0.2) is 12.1 Å². The summed E-state index contributed by atoms with van der Waals surface area (Å²) in [4.78, 5) is 10.4. The van der Waals surface area contributed by atoms with Gasteiger partial charge in [0.1, 0.15) is 12.0 Å². The maximum absolute atomic E-state index is 10.6. The monoisotopic (exact) mass is 308 g/mol. The summed E-state index contributed by atoms with van der Waals surface area (Å²) in [5.41, 5.74) is 3.04. The highest BCUT2D eigenvalue weighted by Crippen LogP contribution is 2.40. The maximum Gasteiger partial charge on any atom is 0.123 e. The molecule has 1 N–H and O–H groups in total. The van der Waals surface area contributed by atoms with Crippen molar-refractivity contribution in [2.45, 2.75) is 64.5 Å². The lowest BCUT2D eigenvalue weighted by molar-refractivity contribution is -0.107. The van der Waals surface area contributed by atoms with E-state index >= 15 is 0 Å². The highest BCUT2D eigenvalue weighted by molar-refractivity contribution is 7.98. The Morgan fingerprint density at radius 1 is 1.05 bits per heavy atom. The third kappa shape index (κ3) is 5.06. The second-order valence-electron chi connectivity index (χ2n) is 7.55. The zero-order valence-electron chi connectivity index (χ0n) is 14.1. The Hall–Kier alpha value is -0.960. The third-order valence-electron chi connectivity index (χ3n) is 3.43. The van der Waals surface area contributed by atoms with Crippen molar-refractivity contribution in [3.05, 3.63) is 28.8 Å². The molecule has 118 valence electrons. The molecule has 0 aromatic heterocycles. The first-order chi connectivity index (χ1) is 9.57. The van der Waals surface area contributed by atoms with Gasteiger partial charge in [0.05, 0.1) is 0 Å². The quantitative estimate of drug-likeness (QED) is 0.626. The zero-order chi connectivity index (χ0) is 16.3. The molecule has 0 radical (unpaired) electrons. The fourth-order valence-corrected chi connectivity index (χ4v) is 3.05. The van der Waals surface area contributed by atoms with Crippen LogP contribution in [0.3, 0.4) is 0 Å². The van der Waals surface area contributed by atoms with E-state index in [4.69, 9.17) is 0 Å². The standard InChI is InChI=1S/C18H28O2S/c1-17(2,3)14-10-13(12-21-9-7-8-19)11-15(16(14)20)18(4,5)6/h8,10-11,20H,7,9,12H2,1-6H3. The molecule has 0 aliphatic heterocycles. The van der Waals surface area contributed by atoms with Crippen molar-refractivity contribution >= 4 is 18.0 Å². The molecule has 1 rings (SSSR count). The normalized spacial score (nSPS) is 12.5. The van der Waals surface area contributed by atoms with Crippen LogP contribution in [0.5, 0.6) is 5.75 Å². The van der Waals surface area contributed by atoms with Crippen LogP contribution in [-0.4, -0.2) is 17.1 Å². The lowest BCUT2D eigenvalue weighted by Gasteiger charge is -2.28. The van der Waals surface area contributed by atoms with Gasteiger partial charge in [0.25, 0.3) is 0 Å². The molecule has 1 aromatic carbocycles. The number of hydrogen-bond acceptors (Lipinski definition) is 3. The number of aldehydes is 1. The molecule has 2 nitrogen and oxygen atoms in total. The topological polar surface area (TPSA) is 37.3 Å². The molecule has 3 heteroatoms. The van der Waals surface area contributed by atoms with Gasteiger partial charge in [-0.2, -0.15) is 11.8 Å². The molecular weight excluding hydrogens is 280 g/mol. The third-order valence-corrected chi connectivity index (χ3v) is 4.50. The molecule has 21 heavy (non-hydrogen) atoms. The van der Waals surface area contributed by atoms with Crippen molar-refractivity contribution in [1.82, 2.24) is 0 Å². The molecule has 0 bridgehead atoms. The molecule has 0 saturated carbocycles. The number of benzene rings is 1. The summed E-state index contributed by atoms with van der Waals surface area (Å²) in [7, 11) is 0. The number of carbonyl (C=O) groups excluding carboxylic acids is 1. The number of phenols is 1. The number of thioether (sulfide) groups is 1. The Morgan fingerprint density at radius 3 is 1.90 bits per heavy atom. The smallest absolute Gasteiger partial charge is 0.123 e. The first-order valence-electron chi connectivity index (χ1n) is 7.45. The minimum absolute atomic E-state index is 0.0897. The van der Waals surface area contributed by atoms with Gasteiger partial charge >= 0.3 is 0 Å². The van der Waals surface area contributed by atoms with Gasteiger partial charge in [0, 0.05) is 17.9 Å². The van der Waals surface area contributed by atoms with E-state index in [0.717, 1.165) is 28.9 Å². The highest BCUT2D eigenvalue weighted by Gasteiger charge is 2.26. The number of aromatic hydroxyl groups is 1. The van der Waals surface area contributed by atoms with Crippen molar-refractivity contribution in [3.8, 4) is 5.75 Å². The van der Waals surface area contributed by atoms with Crippen LogP contribution in [-0.2, 0) is 21.4 Å². The van der Waals surface area contributed by atoms with Crippen molar-refractivity contribution in [1.29, 1.82) is 0 Å². The Balaban J connectivity index is 3.18. The SMILES string of the molecule is CC(C)(C)c1cc(CSCCC=O)cc(C(C)(C)C)c1O. The van der Waals surface area contributed by atoms with Gasteiger partial charge in [-0.05, 0) is 27.5 Å². The first-order valence-corrected chi connectivity index (χ1v) is 8.61. The molecule has 0 spiro atoms. The van der Waals surface area contributed by atoms with Crippen molar-refractivity contribution in [3.63, 3.8) is 0 Å². The van der Waals surface area contributed by atoms with Crippen molar-refractivity contribution < 1.29 is 9.90 Å². The largest absolute Gasteiger partial charge is 0.507 e. The summed E-state index contributed by atoms with van der Waals surface area (Å²) in [6.07, 6.45) is 1.56. The van der Waals surface area contributed by atoms with Crippen LogP contribution in [0.25, 0.3) is 0 Å². The summed E-state index contributed by atoms with van der Waals surface area (Å²) >= 11 is 1.76. The Labute approximate surface area is 133 Å². The summed E-state index contributed by atoms with van der Waals surface area (Å²) in [5, 5.41) is 10.6. The number of rotatable bonds is 5. The van der Waals surface area contributed by atoms with Crippen LogP contribution >= 0.6 is 11.8 Å². The molecule has 0 fully saturated rings. The average Bonchev–Trinajstić information content (AvgIpc) is 2.33. The summed E-state index contributed by atoms with van der Waals surface area (Å²) < 4.78 is 0. The first kappa shape index (κ1) is 18.1.